The van der Waals surface area contributed by atoms with E-state index in [-0.39, 0.29) is 16.7 Å². The Morgan fingerprint density at radius 1 is 1.47 bits per heavy atom. The SMILES string of the molecule is CCC(C)(C)[C@H](N)C(=O)N1CC(C)(C)C[C@H]1C(=O)O. The van der Waals surface area contributed by atoms with Crippen molar-refractivity contribution < 1.29 is 14.7 Å². The van der Waals surface area contributed by atoms with Crippen molar-refractivity contribution in [3.05, 3.63) is 0 Å². The van der Waals surface area contributed by atoms with Gasteiger partial charge in [0.15, 0.2) is 0 Å². The van der Waals surface area contributed by atoms with Crippen LogP contribution in [0.2, 0.25) is 0 Å². The highest BCUT2D eigenvalue weighted by atomic mass is 16.4. The van der Waals surface area contributed by atoms with Crippen molar-refractivity contribution in [1.82, 2.24) is 4.90 Å². The van der Waals surface area contributed by atoms with Crippen LogP contribution in [-0.4, -0.2) is 40.5 Å². The fraction of sp³-hybridized carbons (Fsp3) is 0.857. The van der Waals surface area contributed by atoms with Crippen LogP contribution in [0.15, 0.2) is 0 Å². The van der Waals surface area contributed by atoms with Crippen molar-refractivity contribution in [1.29, 1.82) is 0 Å². The lowest BCUT2D eigenvalue weighted by Gasteiger charge is -2.34. The first-order valence-electron chi connectivity index (χ1n) is 6.81. The van der Waals surface area contributed by atoms with Crippen molar-refractivity contribution in [3.63, 3.8) is 0 Å². The summed E-state index contributed by atoms with van der Waals surface area (Å²) in [6, 6.07) is -1.41. The second kappa shape index (κ2) is 5.12. The minimum absolute atomic E-state index is 0.172. The predicted molar refractivity (Wildman–Crippen MR) is 73.6 cm³/mol. The molecule has 1 amide bonds. The van der Waals surface area contributed by atoms with Gasteiger partial charge in [-0.25, -0.2) is 4.79 Å². The molecule has 1 saturated heterocycles. The maximum atomic E-state index is 12.5. The van der Waals surface area contributed by atoms with Gasteiger partial charge >= 0.3 is 5.97 Å². The topological polar surface area (TPSA) is 83.6 Å². The molecule has 1 fully saturated rings. The lowest BCUT2D eigenvalue weighted by Crippen LogP contribution is -2.54. The molecule has 1 heterocycles. The third kappa shape index (κ3) is 3.26. The maximum absolute atomic E-state index is 12.5. The van der Waals surface area contributed by atoms with Crippen LogP contribution in [0.5, 0.6) is 0 Å². The van der Waals surface area contributed by atoms with E-state index in [0.29, 0.717) is 13.0 Å². The third-order valence-corrected chi connectivity index (χ3v) is 4.31. The number of hydrogen-bond donors (Lipinski definition) is 2. The van der Waals surface area contributed by atoms with Gasteiger partial charge in [0.05, 0.1) is 6.04 Å². The number of carboxylic acid groups (broad SMARTS) is 1. The van der Waals surface area contributed by atoms with Crippen molar-refractivity contribution >= 4 is 11.9 Å². The first-order chi connectivity index (χ1) is 8.52. The minimum atomic E-state index is -0.944. The second-order valence-electron chi connectivity index (χ2n) is 7.01. The Hall–Kier alpha value is -1.10. The monoisotopic (exact) mass is 270 g/mol. The molecule has 0 aromatic heterocycles. The largest absolute Gasteiger partial charge is 0.480 e. The van der Waals surface area contributed by atoms with E-state index in [9.17, 15) is 14.7 Å². The van der Waals surface area contributed by atoms with E-state index < -0.39 is 18.1 Å². The van der Waals surface area contributed by atoms with Crippen molar-refractivity contribution in [2.75, 3.05) is 6.54 Å². The fourth-order valence-corrected chi connectivity index (χ4v) is 2.45. The zero-order valence-corrected chi connectivity index (χ0v) is 12.6. The van der Waals surface area contributed by atoms with Gasteiger partial charge in [-0.1, -0.05) is 34.6 Å². The number of carbonyl (C=O) groups excluding carboxylic acids is 1. The smallest absolute Gasteiger partial charge is 0.326 e. The highest BCUT2D eigenvalue weighted by Crippen LogP contribution is 2.36. The number of rotatable bonds is 4. The standard InChI is InChI=1S/C14H26N2O3/c1-6-14(4,5)10(15)11(17)16-8-13(2,3)7-9(16)12(18)19/h9-10H,6-8,15H2,1-5H3,(H,18,19)/t9-,10+/m0/s1. The van der Waals surface area contributed by atoms with Crippen LogP contribution < -0.4 is 5.73 Å². The molecule has 0 spiro atoms. The number of carbonyl (C=O) groups is 2. The molecular weight excluding hydrogens is 244 g/mol. The summed E-state index contributed by atoms with van der Waals surface area (Å²) in [5.41, 5.74) is 5.55. The first kappa shape index (κ1) is 16.0. The van der Waals surface area contributed by atoms with Crippen LogP contribution in [-0.2, 0) is 9.59 Å². The second-order valence-corrected chi connectivity index (χ2v) is 7.01. The molecule has 0 bridgehead atoms. The van der Waals surface area contributed by atoms with Crippen molar-refractivity contribution in [2.24, 2.45) is 16.6 Å². The van der Waals surface area contributed by atoms with Gasteiger partial charge in [-0.2, -0.15) is 0 Å². The highest BCUT2D eigenvalue weighted by Gasteiger charge is 2.46. The van der Waals surface area contributed by atoms with Crippen molar-refractivity contribution in [3.8, 4) is 0 Å². The van der Waals surface area contributed by atoms with E-state index in [4.69, 9.17) is 5.73 Å². The molecule has 0 saturated carbocycles. The van der Waals surface area contributed by atoms with E-state index in [1.807, 2.05) is 34.6 Å². The first-order valence-corrected chi connectivity index (χ1v) is 6.81. The molecule has 0 radical (unpaired) electrons. The molecule has 1 aliphatic heterocycles. The lowest BCUT2D eigenvalue weighted by molar-refractivity contribution is -0.149. The van der Waals surface area contributed by atoms with Gasteiger partial charge in [-0.3, -0.25) is 4.79 Å². The van der Waals surface area contributed by atoms with E-state index in [1.165, 1.54) is 4.90 Å². The van der Waals surface area contributed by atoms with Crippen molar-refractivity contribution in [2.45, 2.75) is 59.5 Å². The Kier molecular flexibility index (Phi) is 4.30. The zero-order chi connectivity index (χ0) is 15.0. The summed E-state index contributed by atoms with van der Waals surface area (Å²) in [4.78, 5) is 25.3. The fourth-order valence-electron chi connectivity index (χ4n) is 2.45. The minimum Gasteiger partial charge on any atom is -0.480 e. The lowest BCUT2D eigenvalue weighted by atomic mass is 9.81. The molecule has 1 rings (SSSR count). The van der Waals surface area contributed by atoms with Gasteiger partial charge in [0.2, 0.25) is 5.91 Å². The number of nitrogens with zero attached hydrogens (tertiary/aromatic N) is 1. The Labute approximate surface area is 115 Å². The van der Waals surface area contributed by atoms with Crippen LogP contribution in [0, 0.1) is 10.8 Å². The Bertz CT molecular complexity index is 377. The summed E-state index contributed by atoms with van der Waals surface area (Å²) < 4.78 is 0. The Morgan fingerprint density at radius 2 is 2.00 bits per heavy atom. The van der Waals surface area contributed by atoms with Crippen LogP contribution in [0.3, 0.4) is 0 Å². The molecule has 0 aromatic rings. The number of carboxylic acids is 1. The number of nitrogens with two attached hydrogens (primary N) is 1. The predicted octanol–water partition coefficient (Wildman–Crippen LogP) is 1.46. The Morgan fingerprint density at radius 3 is 2.42 bits per heavy atom. The third-order valence-electron chi connectivity index (χ3n) is 4.31. The van der Waals surface area contributed by atoms with E-state index in [1.54, 1.807) is 0 Å². The van der Waals surface area contributed by atoms with Crippen LogP contribution >= 0.6 is 0 Å². The van der Waals surface area contributed by atoms with Gasteiger partial charge in [0.25, 0.3) is 0 Å². The summed E-state index contributed by atoms with van der Waals surface area (Å²) in [5.74, 6) is -1.19. The zero-order valence-electron chi connectivity index (χ0n) is 12.6. The quantitative estimate of drug-likeness (QED) is 0.810. The average Bonchev–Trinajstić information content (AvgIpc) is 2.63. The summed E-state index contributed by atoms with van der Waals surface area (Å²) in [6.45, 7) is 10.3. The van der Waals surface area contributed by atoms with E-state index in [2.05, 4.69) is 0 Å². The molecule has 19 heavy (non-hydrogen) atoms. The van der Waals surface area contributed by atoms with E-state index in [0.717, 1.165) is 6.42 Å². The molecule has 5 nitrogen and oxygen atoms in total. The van der Waals surface area contributed by atoms with Gasteiger partial charge < -0.3 is 15.7 Å². The number of aliphatic carboxylic acids is 1. The average molecular weight is 270 g/mol. The van der Waals surface area contributed by atoms with Gasteiger partial charge in [0, 0.05) is 6.54 Å². The number of likely N-dealkylation sites (tertiary alicyclic amines) is 1. The molecular formula is C14H26N2O3. The van der Waals surface area contributed by atoms with Gasteiger partial charge in [0.1, 0.15) is 6.04 Å². The molecule has 0 aromatic carbocycles. The van der Waals surface area contributed by atoms with Crippen LogP contribution in [0.4, 0.5) is 0 Å². The highest BCUT2D eigenvalue weighted by molar-refractivity contribution is 5.88. The maximum Gasteiger partial charge on any atom is 0.326 e. The summed E-state index contributed by atoms with van der Waals surface area (Å²) in [6.07, 6.45) is 1.25. The number of hydrogen-bond acceptors (Lipinski definition) is 3. The molecule has 110 valence electrons. The summed E-state index contributed by atoms with van der Waals surface area (Å²) >= 11 is 0. The molecule has 5 heteroatoms. The molecule has 2 atom stereocenters. The molecule has 0 aliphatic carbocycles. The molecule has 1 aliphatic rings. The van der Waals surface area contributed by atoms with Gasteiger partial charge in [-0.15, -0.1) is 0 Å². The van der Waals surface area contributed by atoms with Crippen LogP contribution in [0.25, 0.3) is 0 Å². The number of amides is 1. The summed E-state index contributed by atoms with van der Waals surface area (Å²) in [5, 5.41) is 9.27. The molecule has 3 N–H and O–H groups in total. The normalized spacial score (nSPS) is 24.3. The van der Waals surface area contributed by atoms with Gasteiger partial charge in [-0.05, 0) is 23.7 Å². The molecule has 0 unspecified atom stereocenters. The van der Waals surface area contributed by atoms with E-state index >= 15 is 0 Å². The van der Waals surface area contributed by atoms with Crippen LogP contribution in [0.1, 0.15) is 47.5 Å². The Balaban J connectivity index is 2.95. The summed E-state index contributed by atoms with van der Waals surface area (Å²) in [7, 11) is 0.